The topological polar surface area (TPSA) is 86.7 Å². The number of aryl methyl sites for hydroxylation is 2. The number of hydrogen-bond donors (Lipinski definition) is 0. The zero-order valence-corrected chi connectivity index (χ0v) is 17.5. The van der Waals surface area contributed by atoms with Gasteiger partial charge >= 0.3 is 7.12 Å². The summed E-state index contributed by atoms with van der Waals surface area (Å²) >= 11 is 0. The van der Waals surface area contributed by atoms with Crippen molar-refractivity contribution in [1.82, 2.24) is 0 Å². The van der Waals surface area contributed by atoms with Crippen LogP contribution in [0.15, 0.2) is 88.7 Å². The van der Waals surface area contributed by atoms with E-state index in [1.165, 1.54) is 36.4 Å². The molecule has 3 aromatic carbocycles. The highest BCUT2D eigenvalue weighted by atomic mass is 32.2. The van der Waals surface area contributed by atoms with E-state index in [0.717, 1.165) is 11.1 Å². The van der Waals surface area contributed by atoms with E-state index < -0.39 is 27.4 Å². The van der Waals surface area contributed by atoms with Gasteiger partial charge in [0, 0.05) is 0 Å². The van der Waals surface area contributed by atoms with Gasteiger partial charge in [-0.3, -0.25) is 8.20 Å². The van der Waals surface area contributed by atoms with Crippen LogP contribution in [0.3, 0.4) is 0 Å². The summed E-state index contributed by atoms with van der Waals surface area (Å²) in [5, 5.41) is 0. The molecule has 0 atom stereocenters. The molecule has 29 heavy (non-hydrogen) atoms. The summed E-state index contributed by atoms with van der Waals surface area (Å²) in [5.74, 6) is 0. The third kappa shape index (κ3) is 5.33. The average molecular weight is 430 g/mol. The summed E-state index contributed by atoms with van der Waals surface area (Å²) in [6, 6.07) is 20.1. The minimum Gasteiger partial charge on any atom is -0.289 e. The van der Waals surface area contributed by atoms with Crippen molar-refractivity contribution >= 4 is 32.8 Å². The number of hydrogen-bond acceptors (Lipinski definition) is 6. The van der Waals surface area contributed by atoms with Crippen LogP contribution in [-0.4, -0.2) is 24.0 Å². The monoisotopic (exact) mass is 430 g/mol. The lowest BCUT2D eigenvalue weighted by Gasteiger charge is -2.15. The van der Waals surface area contributed by atoms with Gasteiger partial charge in [0.25, 0.3) is 20.2 Å². The maximum absolute atomic E-state index is 12.7. The maximum Gasteiger partial charge on any atom is 0.524 e. The summed E-state index contributed by atoms with van der Waals surface area (Å²) in [4.78, 5) is -0.194. The smallest absolute Gasteiger partial charge is 0.289 e. The lowest BCUT2D eigenvalue weighted by atomic mass is 9.80. The molecule has 9 heteroatoms. The fourth-order valence-corrected chi connectivity index (χ4v) is 4.46. The van der Waals surface area contributed by atoms with E-state index in [1.807, 2.05) is 13.8 Å². The SMILES string of the molecule is Cc1ccc(S(=O)(=O)OB(OS(=O)(=O)c2ccc(C)cc2)c2ccccc2)cc1. The van der Waals surface area contributed by atoms with Crippen molar-refractivity contribution in [3.8, 4) is 0 Å². The highest BCUT2D eigenvalue weighted by Gasteiger charge is 2.35. The standard InChI is InChI=1S/C20H19BO6S2/c1-16-8-12-19(13-9-16)28(22,23)26-21(18-6-4-3-5-7-18)27-29(24,25)20-14-10-17(2)11-15-20/h3-15H,1-2H3. The maximum atomic E-state index is 12.7. The zero-order chi connectivity index (χ0) is 21.1. The van der Waals surface area contributed by atoms with E-state index in [1.54, 1.807) is 42.5 Å². The van der Waals surface area contributed by atoms with Crippen molar-refractivity contribution < 1.29 is 25.0 Å². The Morgan fingerprint density at radius 2 is 0.966 bits per heavy atom. The normalized spacial score (nSPS) is 11.9. The fourth-order valence-electron chi connectivity index (χ4n) is 2.49. The van der Waals surface area contributed by atoms with Gasteiger partial charge in [-0.05, 0) is 43.6 Å². The predicted octanol–water partition coefficient (Wildman–Crippen LogP) is 2.81. The molecule has 0 heterocycles. The first-order valence-electron chi connectivity index (χ1n) is 8.72. The molecule has 150 valence electrons. The molecule has 0 aliphatic heterocycles. The van der Waals surface area contributed by atoms with Gasteiger partial charge in [0.15, 0.2) is 0 Å². The average Bonchev–Trinajstić information content (AvgIpc) is 2.68. The molecule has 0 radical (unpaired) electrons. The molecular weight excluding hydrogens is 411 g/mol. The van der Waals surface area contributed by atoms with Crippen molar-refractivity contribution in [2.75, 3.05) is 0 Å². The highest BCUT2D eigenvalue weighted by molar-refractivity contribution is 7.89. The number of rotatable bonds is 7. The highest BCUT2D eigenvalue weighted by Crippen LogP contribution is 2.18. The second-order valence-electron chi connectivity index (χ2n) is 6.47. The Balaban J connectivity index is 1.95. The van der Waals surface area contributed by atoms with Gasteiger partial charge < -0.3 is 0 Å². The summed E-state index contributed by atoms with van der Waals surface area (Å²) in [7, 11) is -10.2. The van der Waals surface area contributed by atoms with E-state index in [-0.39, 0.29) is 15.3 Å². The van der Waals surface area contributed by atoms with Crippen molar-refractivity contribution in [1.29, 1.82) is 0 Å². The van der Waals surface area contributed by atoms with Gasteiger partial charge in [-0.1, -0.05) is 65.7 Å². The second-order valence-corrected chi connectivity index (χ2v) is 9.61. The largest absolute Gasteiger partial charge is 0.524 e. The van der Waals surface area contributed by atoms with Crippen LogP contribution in [-0.2, 0) is 28.4 Å². The molecule has 6 nitrogen and oxygen atoms in total. The quantitative estimate of drug-likeness (QED) is 0.536. The molecule has 0 N–H and O–H groups in total. The summed E-state index contributed by atoms with van der Waals surface area (Å²) < 4.78 is 61.2. The lowest BCUT2D eigenvalue weighted by molar-refractivity contribution is 0.416. The zero-order valence-electron chi connectivity index (χ0n) is 15.8. The molecule has 0 fully saturated rings. The van der Waals surface area contributed by atoms with Crippen molar-refractivity contribution in [3.63, 3.8) is 0 Å². The Labute approximate surface area is 171 Å². The summed E-state index contributed by atoms with van der Waals surface area (Å²) in [5.41, 5.74) is 2.00. The second kappa shape index (κ2) is 8.50. The third-order valence-electron chi connectivity index (χ3n) is 4.12. The molecule has 0 saturated carbocycles. The predicted molar refractivity (Wildman–Crippen MR) is 111 cm³/mol. The van der Waals surface area contributed by atoms with Crippen molar-refractivity contribution in [2.45, 2.75) is 23.6 Å². The lowest BCUT2D eigenvalue weighted by Crippen LogP contribution is -2.40. The molecule has 0 unspecified atom stereocenters. The molecular formula is C20H19BO6S2. The first-order valence-corrected chi connectivity index (χ1v) is 11.5. The summed E-state index contributed by atoms with van der Waals surface area (Å²) in [6.07, 6.45) is 0. The molecule has 0 aliphatic carbocycles. The summed E-state index contributed by atoms with van der Waals surface area (Å²) in [6.45, 7) is 3.64. The van der Waals surface area contributed by atoms with Gasteiger partial charge in [0.1, 0.15) is 0 Å². The van der Waals surface area contributed by atoms with Crippen molar-refractivity contribution in [2.24, 2.45) is 0 Å². The Kier molecular flexibility index (Phi) is 6.23. The Bertz CT molecular complexity index is 1100. The van der Waals surface area contributed by atoms with Crippen molar-refractivity contribution in [3.05, 3.63) is 90.0 Å². The minimum atomic E-state index is -4.28. The molecule has 0 bridgehead atoms. The van der Waals surface area contributed by atoms with E-state index in [0.29, 0.717) is 0 Å². The number of benzene rings is 3. The molecule has 3 aromatic rings. The van der Waals surface area contributed by atoms with Crippen LogP contribution in [0.4, 0.5) is 0 Å². The van der Waals surface area contributed by atoms with Crippen LogP contribution in [0.25, 0.3) is 0 Å². The van der Waals surface area contributed by atoms with E-state index >= 15 is 0 Å². The Hall–Kier alpha value is -2.46. The Morgan fingerprint density at radius 3 is 1.34 bits per heavy atom. The molecule has 0 aliphatic rings. The fraction of sp³-hybridized carbons (Fsp3) is 0.100. The van der Waals surface area contributed by atoms with Crippen LogP contribution in [0.2, 0.25) is 0 Å². The molecule has 0 spiro atoms. The first kappa shape index (κ1) is 21.3. The molecule has 3 rings (SSSR count). The Morgan fingerprint density at radius 1 is 0.586 bits per heavy atom. The van der Waals surface area contributed by atoms with E-state index in [4.69, 9.17) is 8.20 Å². The van der Waals surface area contributed by atoms with Gasteiger partial charge in [-0.15, -0.1) is 0 Å². The van der Waals surface area contributed by atoms with E-state index in [9.17, 15) is 16.8 Å². The van der Waals surface area contributed by atoms with Gasteiger partial charge in [-0.25, -0.2) is 0 Å². The van der Waals surface area contributed by atoms with E-state index in [2.05, 4.69) is 0 Å². The van der Waals surface area contributed by atoms with Crippen LogP contribution in [0.5, 0.6) is 0 Å². The van der Waals surface area contributed by atoms with Crippen LogP contribution in [0, 0.1) is 13.8 Å². The van der Waals surface area contributed by atoms with Gasteiger partial charge in [-0.2, -0.15) is 16.8 Å². The van der Waals surface area contributed by atoms with Crippen LogP contribution >= 0.6 is 0 Å². The molecule has 0 saturated heterocycles. The first-order chi connectivity index (χ1) is 13.7. The molecule has 0 aromatic heterocycles. The third-order valence-corrected chi connectivity index (χ3v) is 6.67. The van der Waals surface area contributed by atoms with Gasteiger partial charge in [0.05, 0.1) is 9.79 Å². The molecule has 0 amide bonds. The van der Waals surface area contributed by atoms with Crippen LogP contribution < -0.4 is 5.46 Å². The van der Waals surface area contributed by atoms with Gasteiger partial charge in [0.2, 0.25) is 0 Å². The van der Waals surface area contributed by atoms with Crippen LogP contribution in [0.1, 0.15) is 11.1 Å². The minimum absolute atomic E-state index is 0.0969.